The summed E-state index contributed by atoms with van der Waals surface area (Å²) in [5.74, 6) is 0. The summed E-state index contributed by atoms with van der Waals surface area (Å²) in [4.78, 5) is 5.28. The number of rotatable bonds is 6. The standard InChI is InChI=1S/C39H31NP2/c1-41(30-17-7-3-8-18-30,31-19-9-4-10-20-31)38-27-15-25-36-34(38)29-35-37(40-36)26-16-28-39(35)42(2,32-21-11-5-12-22-32)33-23-13-6-14-24-33/h3-29H,1-2H2. The number of nitrogens with zero attached hydrogens (tertiary/aromatic N) is 1. The summed E-state index contributed by atoms with van der Waals surface area (Å²) < 4.78 is 0. The van der Waals surface area contributed by atoms with Gasteiger partial charge in [-0.1, -0.05) is 158 Å². The molecule has 7 rings (SSSR count). The summed E-state index contributed by atoms with van der Waals surface area (Å²) in [5, 5.41) is 9.81. The van der Waals surface area contributed by atoms with Gasteiger partial charge in [-0.2, -0.15) is 0 Å². The number of hydrogen-bond acceptors (Lipinski definition) is 1. The van der Waals surface area contributed by atoms with Crippen molar-refractivity contribution in [2.24, 2.45) is 0 Å². The van der Waals surface area contributed by atoms with E-state index in [0.29, 0.717) is 0 Å². The van der Waals surface area contributed by atoms with Gasteiger partial charge in [0.05, 0.1) is 11.0 Å². The summed E-state index contributed by atoms with van der Waals surface area (Å²) in [6.07, 6.45) is 10.1. The third kappa shape index (κ3) is 4.29. The van der Waals surface area contributed by atoms with Crippen molar-refractivity contribution >= 4 is 80.0 Å². The Balaban J connectivity index is 1.57. The van der Waals surface area contributed by atoms with Crippen molar-refractivity contribution in [1.82, 2.24) is 4.98 Å². The zero-order valence-electron chi connectivity index (χ0n) is 23.3. The molecule has 3 heteroatoms. The minimum atomic E-state index is -2.22. The Labute approximate surface area is 248 Å². The molecule has 0 aliphatic carbocycles. The lowest BCUT2D eigenvalue weighted by Crippen LogP contribution is -2.27. The molecule has 0 radical (unpaired) electrons. The zero-order valence-corrected chi connectivity index (χ0v) is 25.1. The largest absolute Gasteiger partial charge is 0.248 e. The Hall–Kier alpha value is -4.41. The zero-order chi connectivity index (χ0) is 28.6. The van der Waals surface area contributed by atoms with Gasteiger partial charge in [-0.05, 0) is 63.8 Å². The molecule has 0 saturated heterocycles. The van der Waals surface area contributed by atoms with Gasteiger partial charge >= 0.3 is 0 Å². The first-order chi connectivity index (χ1) is 20.6. The molecule has 0 N–H and O–H groups in total. The fourth-order valence-corrected chi connectivity index (χ4v) is 12.4. The van der Waals surface area contributed by atoms with E-state index in [1.165, 1.54) is 31.8 Å². The quantitative estimate of drug-likeness (QED) is 0.156. The molecule has 0 fully saturated rings. The third-order valence-corrected chi connectivity index (χ3v) is 15.4. The van der Waals surface area contributed by atoms with Crippen LogP contribution in [0.1, 0.15) is 0 Å². The SMILES string of the molecule is C=P(c1ccccc1)(c1ccccc1)c1cccc2nc3cccc(P(=C)(c4ccccc4)c4ccccc4)c3cc12. The minimum absolute atomic E-state index is 0.990. The molecule has 0 aliphatic heterocycles. The molecule has 1 nitrogen and oxygen atoms in total. The molecule has 202 valence electrons. The lowest BCUT2D eigenvalue weighted by atomic mass is 10.1. The van der Waals surface area contributed by atoms with E-state index in [2.05, 4.69) is 164 Å². The van der Waals surface area contributed by atoms with Gasteiger partial charge in [0.2, 0.25) is 0 Å². The molecular formula is C39H31NP2. The molecule has 0 aliphatic rings. The molecular weight excluding hydrogens is 544 g/mol. The first-order valence-electron chi connectivity index (χ1n) is 14.1. The average Bonchev–Trinajstić information content (AvgIpc) is 3.07. The second-order valence-corrected chi connectivity index (χ2v) is 16.9. The predicted molar refractivity (Wildman–Crippen MR) is 191 cm³/mol. The summed E-state index contributed by atoms with van der Waals surface area (Å²) in [6, 6.07) is 58.5. The van der Waals surface area contributed by atoms with Crippen molar-refractivity contribution in [1.29, 1.82) is 0 Å². The van der Waals surface area contributed by atoms with Crippen molar-refractivity contribution in [2.75, 3.05) is 0 Å². The van der Waals surface area contributed by atoms with Gasteiger partial charge in [0.1, 0.15) is 0 Å². The van der Waals surface area contributed by atoms with Crippen molar-refractivity contribution in [3.63, 3.8) is 0 Å². The molecule has 0 unspecified atom stereocenters. The molecule has 0 saturated carbocycles. The molecule has 0 spiro atoms. The lowest BCUT2D eigenvalue weighted by Gasteiger charge is -2.29. The molecule has 1 aromatic heterocycles. The summed E-state index contributed by atoms with van der Waals surface area (Å²) in [5.41, 5.74) is 1.98. The molecule has 0 bridgehead atoms. The van der Waals surface area contributed by atoms with Gasteiger partial charge in [0.15, 0.2) is 0 Å². The van der Waals surface area contributed by atoms with E-state index in [0.717, 1.165) is 21.8 Å². The molecule has 0 atom stereocenters. The maximum absolute atomic E-state index is 5.28. The topological polar surface area (TPSA) is 12.9 Å². The Bertz CT molecular complexity index is 1880. The van der Waals surface area contributed by atoms with Crippen LogP contribution >= 0.6 is 13.8 Å². The smallest absolute Gasteiger partial charge is 0.0716 e. The second-order valence-electron chi connectivity index (χ2n) is 10.6. The highest BCUT2D eigenvalue weighted by Crippen LogP contribution is 2.46. The Morgan fingerprint density at radius 3 is 0.976 bits per heavy atom. The van der Waals surface area contributed by atoms with E-state index >= 15 is 0 Å². The van der Waals surface area contributed by atoms with E-state index in [-0.39, 0.29) is 0 Å². The van der Waals surface area contributed by atoms with Crippen LogP contribution in [0.15, 0.2) is 164 Å². The first kappa shape index (κ1) is 26.5. The van der Waals surface area contributed by atoms with Crippen molar-refractivity contribution < 1.29 is 0 Å². The van der Waals surface area contributed by atoms with Crippen LogP contribution in [-0.2, 0) is 0 Å². The Morgan fingerprint density at radius 1 is 0.357 bits per heavy atom. The van der Waals surface area contributed by atoms with Crippen LogP contribution in [0.4, 0.5) is 0 Å². The second kappa shape index (κ2) is 10.8. The Morgan fingerprint density at radius 2 is 0.667 bits per heavy atom. The molecule has 6 aromatic carbocycles. The van der Waals surface area contributed by atoms with Crippen molar-refractivity contribution in [3.8, 4) is 0 Å². The van der Waals surface area contributed by atoms with Crippen molar-refractivity contribution in [2.45, 2.75) is 0 Å². The average molecular weight is 576 g/mol. The minimum Gasteiger partial charge on any atom is -0.248 e. The van der Waals surface area contributed by atoms with E-state index in [9.17, 15) is 0 Å². The van der Waals surface area contributed by atoms with E-state index < -0.39 is 13.8 Å². The summed E-state index contributed by atoms with van der Waals surface area (Å²) in [6.45, 7) is -4.44. The highest BCUT2D eigenvalue weighted by Gasteiger charge is 2.27. The fraction of sp³-hybridized carbons (Fsp3) is 0. The van der Waals surface area contributed by atoms with Gasteiger partial charge < -0.3 is 0 Å². The van der Waals surface area contributed by atoms with Crippen molar-refractivity contribution in [3.05, 3.63) is 164 Å². The van der Waals surface area contributed by atoms with Gasteiger partial charge in [0, 0.05) is 10.8 Å². The summed E-state index contributed by atoms with van der Waals surface area (Å²) >= 11 is 0. The normalized spacial score (nSPS) is 12.0. The van der Waals surface area contributed by atoms with Crippen LogP contribution in [0.3, 0.4) is 0 Å². The van der Waals surface area contributed by atoms with Crippen LogP contribution in [0.2, 0.25) is 0 Å². The van der Waals surface area contributed by atoms with Crippen LogP contribution in [0.25, 0.3) is 21.8 Å². The van der Waals surface area contributed by atoms with Gasteiger partial charge in [-0.15, -0.1) is 0 Å². The fourth-order valence-electron chi connectivity index (χ4n) is 6.10. The lowest BCUT2D eigenvalue weighted by molar-refractivity contribution is 1.51. The van der Waals surface area contributed by atoms with Crippen LogP contribution in [0.5, 0.6) is 0 Å². The van der Waals surface area contributed by atoms with Gasteiger partial charge in [-0.3, -0.25) is 0 Å². The van der Waals surface area contributed by atoms with Crippen LogP contribution in [-0.4, -0.2) is 17.6 Å². The van der Waals surface area contributed by atoms with E-state index in [1.807, 2.05) is 0 Å². The molecule has 42 heavy (non-hydrogen) atoms. The number of hydrogen-bond donors (Lipinski definition) is 0. The molecule has 1 heterocycles. The maximum Gasteiger partial charge on any atom is 0.0716 e. The highest BCUT2D eigenvalue weighted by atomic mass is 31.2. The number of benzene rings is 6. The molecule has 7 aromatic rings. The van der Waals surface area contributed by atoms with Crippen LogP contribution < -0.4 is 31.8 Å². The predicted octanol–water partition coefficient (Wildman–Crippen LogP) is 6.84. The monoisotopic (exact) mass is 575 g/mol. The summed E-state index contributed by atoms with van der Waals surface area (Å²) in [7, 11) is 0. The molecule has 0 amide bonds. The van der Waals surface area contributed by atoms with E-state index in [4.69, 9.17) is 17.6 Å². The Kier molecular flexibility index (Phi) is 6.79. The van der Waals surface area contributed by atoms with Gasteiger partial charge in [-0.25, -0.2) is 4.98 Å². The van der Waals surface area contributed by atoms with Crippen LogP contribution in [0, 0.1) is 0 Å². The number of aromatic nitrogens is 1. The third-order valence-electron chi connectivity index (χ3n) is 8.26. The maximum atomic E-state index is 5.28. The number of pyridine rings is 1. The first-order valence-corrected chi connectivity index (χ1v) is 18.1. The highest BCUT2D eigenvalue weighted by molar-refractivity contribution is 7.94. The number of fused-ring (bicyclic) bond motifs is 2. The van der Waals surface area contributed by atoms with E-state index in [1.54, 1.807) is 0 Å². The van der Waals surface area contributed by atoms with Gasteiger partial charge in [0.25, 0.3) is 0 Å².